The average molecular weight is 145 g/mol. The van der Waals surface area contributed by atoms with Gasteiger partial charge in [0, 0.05) is 12.7 Å². The molecule has 0 aliphatic carbocycles. The van der Waals surface area contributed by atoms with Crippen LogP contribution in [0.4, 0.5) is 0 Å². The van der Waals surface area contributed by atoms with Crippen molar-refractivity contribution in [2.45, 2.75) is 6.92 Å². The molecule has 1 heterocycles. The second-order valence-electron chi connectivity index (χ2n) is 2.89. The molecule has 0 spiro atoms. The van der Waals surface area contributed by atoms with Crippen molar-refractivity contribution in [2.24, 2.45) is 0 Å². The van der Waals surface area contributed by atoms with Crippen LogP contribution in [0.1, 0.15) is 5.56 Å². The van der Waals surface area contributed by atoms with Crippen LogP contribution in [0.15, 0.2) is 18.2 Å². The maximum Gasteiger partial charge on any atom is 0.0334 e. The Morgan fingerprint density at radius 3 is 3.09 bits per heavy atom. The molecule has 0 saturated heterocycles. The number of rotatable bonds is 0. The number of nitrogens with one attached hydrogen (secondary N) is 1. The van der Waals surface area contributed by atoms with Crippen LogP contribution in [-0.4, -0.2) is 6.54 Å². The zero-order chi connectivity index (χ0) is 7.68. The summed E-state index contributed by atoms with van der Waals surface area (Å²) >= 11 is 0. The number of benzene rings is 1. The molecule has 1 aromatic carbocycles. The fourth-order valence-corrected chi connectivity index (χ4v) is 1.34. The van der Waals surface area contributed by atoms with Gasteiger partial charge in [0.1, 0.15) is 0 Å². The van der Waals surface area contributed by atoms with Gasteiger partial charge < -0.3 is 5.32 Å². The summed E-state index contributed by atoms with van der Waals surface area (Å²) in [6.45, 7) is 3.07. The summed E-state index contributed by atoms with van der Waals surface area (Å²) in [7, 11) is 0. The third kappa shape index (κ3) is 1.14. The molecule has 0 amide bonds. The predicted octanol–water partition coefficient (Wildman–Crippen LogP) is 0.117. The van der Waals surface area contributed by atoms with Crippen LogP contribution in [0.25, 0.3) is 12.3 Å². The van der Waals surface area contributed by atoms with Gasteiger partial charge in [-0.05, 0) is 17.4 Å². The lowest BCUT2D eigenvalue weighted by Crippen LogP contribution is -2.32. The molecule has 1 N–H and O–H groups in total. The monoisotopic (exact) mass is 145 g/mol. The van der Waals surface area contributed by atoms with Crippen LogP contribution >= 0.6 is 0 Å². The van der Waals surface area contributed by atoms with Crippen LogP contribution in [0.2, 0.25) is 0 Å². The molecule has 1 heteroatoms. The summed E-state index contributed by atoms with van der Waals surface area (Å²) in [5.41, 5.74) is 1.32. The lowest BCUT2D eigenvalue weighted by atomic mass is 10.1. The molecule has 1 aliphatic heterocycles. The molecule has 11 heavy (non-hydrogen) atoms. The van der Waals surface area contributed by atoms with Gasteiger partial charge in [-0.2, -0.15) is 0 Å². The second kappa shape index (κ2) is 2.42. The van der Waals surface area contributed by atoms with Crippen LogP contribution in [0.3, 0.4) is 0 Å². The Bertz CT molecular complexity index is 376. The van der Waals surface area contributed by atoms with Gasteiger partial charge in [0.15, 0.2) is 0 Å². The van der Waals surface area contributed by atoms with Gasteiger partial charge in [-0.15, -0.1) is 0 Å². The largest absolute Gasteiger partial charge is 0.387 e. The Kier molecular flexibility index (Phi) is 1.42. The van der Waals surface area contributed by atoms with Crippen molar-refractivity contribution < 1.29 is 0 Å². The highest BCUT2D eigenvalue weighted by molar-refractivity contribution is 5.38. The van der Waals surface area contributed by atoms with E-state index in [0.29, 0.717) is 0 Å². The van der Waals surface area contributed by atoms with Crippen molar-refractivity contribution >= 4 is 12.3 Å². The van der Waals surface area contributed by atoms with Crippen LogP contribution in [-0.2, 0) is 0 Å². The lowest BCUT2D eigenvalue weighted by molar-refractivity contribution is 1.05. The molecule has 0 saturated carbocycles. The third-order valence-corrected chi connectivity index (χ3v) is 1.94. The number of hydrogen-bond acceptors (Lipinski definition) is 1. The summed E-state index contributed by atoms with van der Waals surface area (Å²) in [5, 5.41) is 5.83. The summed E-state index contributed by atoms with van der Waals surface area (Å²) < 4.78 is 0. The molecule has 0 unspecified atom stereocenters. The van der Waals surface area contributed by atoms with Crippen molar-refractivity contribution in [3.05, 3.63) is 34.2 Å². The van der Waals surface area contributed by atoms with Gasteiger partial charge in [-0.3, -0.25) is 0 Å². The molecule has 1 aromatic rings. The topological polar surface area (TPSA) is 12.0 Å². The molecular formula is C10H11N. The van der Waals surface area contributed by atoms with E-state index >= 15 is 0 Å². The van der Waals surface area contributed by atoms with Crippen LogP contribution in [0.5, 0.6) is 0 Å². The van der Waals surface area contributed by atoms with Crippen molar-refractivity contribution in [1.82, 2.24) is 5.32 Å². The Balaban J connectivity index is 2.80. The highest BCUT2D eigenvalue weighted by Gasteiger charge is 1.90. The first-order chi connectivity index (χ1) is 5.36. The Morgan fingerprint density at radius 2 is 2.18 bits per heavy atom. The Labute approximate surface area is 66.1 Å². The van der Waals surface area contributed by atoms with E-state index in [1.165, 1.54) is 16.0 Å². The number of aryl methyl sites for hydroxylation is 1. The van der Waals surface area contributed by atoms with Gasteiger partial charge in [-0.25, -0.2) is 0 Å². The first-order valence-corrected chi connectivity index (χ1v) is 3.87. The van der Waals surface area contributed by atoms with E-state index in [2.05, 4.69) is 42.7 Å². The van der Waals surface area contributed by atoms with Crippen LogP contribution < -0.4 is 15.8 Å². The van der Waals surface area contributed by atoms with E-state index in [4.69, 9.17) is 0 Å². The minimum absolute atomic E-state index is 0.954. The third-order valence-electron chi connectivity index (χ3n) is 1.94. The minimum atomic E-state index is 0.954. The highest BCUT2D eigenvalue weighted by atomic mass is 14.8. The lowest BCUT2D eigenvalue weighted by Gasteiger charge is -2.02. The standard InChI is InChI=1S/C10H11N/c1-8-2-3-9-4-5-11-7-10(9)6-8/h2-4,6-7,11H,5H2,1H3. The summed E-state index contributed by atoms with van der Waals surface area (Å²) in [5.74, 6) is 0. The van der Waals surface area contributed by atoms with Gasteiger partial charge >= 0.3 is 0 Å². The first-order valence-electron chi connectivity index (χ1n) is 3.87. The molecule has 0 atom stereocenters. The van der Waals surface area contributed by atoms with Gasteiger partial charge in [0.2, 0.25) is 0 Å². The molecule has 0 bridgehead atoms. The summed E-state index contributed by atoms with van der Waals surface area (Å²) in [4.78, 5) is 0. The zero-order valence-electron chi connectivity index (χ0n) is 6.59. The fourth-order valence-electron chi connectivity index (χ4n) is 1.34. The number of fused-ring (bicyclic) bond motifs is 1. The molecule has 0 aromatic heterocycles. The summed E-state index contributed by atoms with van der Waals surface area (Å²) in [6.07, 6.45) is 4.27. The maximum absolute atomic E-state index is 3.19. The van der Waals surface area contributed by atoms with Crippen molar-refractivity contribution in [3.8, 4) is 0 Å². The van der Waals surface area contributed by atoms with Gasteiger partial charge in [-0.1, -0.05) is 29.8 Å². The molecule has 1 aliphatic rings. The van der Waals surface area contributed by atoms with E-state index in [1.54, 1.807) is 0 Å². The minimum Gasteiger partial charge on any atom is -0.387 e. The van der Waals surface area contributed by atoms with E-state index in [0.717, 1.165) is 6.54 Å². The SMILES string of the molecule is Cc1ccc2c(c1)=CNCC=2. The summed E-state index contributed by atoms with van der Waals surface area (Å²) in [6, 6.07) is 6.51. The predicted molar refractivity (Wildman–Crippen MR) is 47.4 cm³/mol. The second-order valence-corrected chi connectivity index (χ2v) is 2.89. The average Bonchev–Trinajstić information content (AvgIpc) is 2.04. The van der Waals surface area contributed by atoms with Crippen molar-refractivity contribution in [2.75, 3.05) is 6.54 Å². The van der Waals surface area contributed by atoms with E-state index in [-0.39, 0.29) is 0 Å². The van der Waals surface area contributed by atoms with Crippen molar-refractivity contribution in [1.29, 1.82) is 0 Å². The van der Waals surface area contributed by atoms with Gasteiger partial charge in [0.25, 0.3) is 0 Å². The molecule has 0 fully saturated rings. The maximum atomic E-state index is 3.19. The highest BCUT2D eigenvalue weighted by Crippen LogP contribution is 1.86. The molecule has 1 nitrogen and oxygen atoms in total. The quantitative estimate of drug-likeness (QED) is 0.546. The Morgan fingerprint density at radius 1 is 1.27 bits per heavy atom. The van der Waals surface area contributed by atoms with E-state index in [1.807, 2.05) is 0 Å². The molecule has 2 rings (SSSR count). The Hall–Kier alpha value is -1.24. The van der Waals surface area contributed by atoms with E-state index < -0.39 is 0 Å². The molecule has 56 valence electrons. The number of hydrogen-bond donors (Lipinski definition) is 1. The fraction of sp³-hybridized carbons (Fsp3) is 0.200. The molecule has 0 radical (unpaired) electrons. The normalized spacial score (nSPS) is 13.9. The van der Waals surface area contributed by atoms with Crippen LogP contribution in [0, 0.1) is 6.92 Å². The van der Waals surface area contributed by atoms with E-state index in [9.17, 15) is 0 Å². The van der Waals surface area contributed by atoms with Gasteiger partial charge in [0.05, 0.1) is 0 Å². The molecular weight excluding hydrogens is 134 g/mol. The zero-order valence-corrected chi connectivity index (χ0v) is 6.59. The van der Waals surface area contributed by atoms with Crippen molar-refractivity contribution in [3.63, 3.8) is 0 Å². The smallest absolute Gasteiger partial charge is 0.0334 e. The first kappa shape index (κ1) is 6.47.